The molecule has 0 aliphatic carbocycles. The molecule has 0 aliphatic heterocycles. The molecule has 2 aromatic carbocycles. The number of carbonyl (C=O) groups excluding carboxylic acids is 3. The second kappa shape index (κ2) is 12.5. The SMILES string of the molecule is COCCNC(=O)C(=O)N/N=C\c1ccccc1OCC(=O)Nc1cccc(Cl)c1Cl. The molecule has 0 saturated heterocycles. The Balaban J connectivity index is 1.90. The lowest BCUT2D eigenvalue weighted by atomic mass is 10.2. The van der Waals surface area contributed by atoms with E-state index in [4.69, 9.17) is 32.7 Å². The van der Waals surface area contributed by atoms with Crippen molar-refractivity contribution in [2.75, 3.05) is 32.2 Å². The third kappa shape index (κ3) is 7.89. The van der Waals surface area contributed by atoms with Crippen molar-refractivity contribution < 1.29 is 23.9 Å². The van der Waals surface area contributed by atoms with E-state index in [1.165, 1.54) is 13.3 Å². The summed E-state index contributed by atoms with van der Waals surface area (Å²) >= 11 is 12.0. The maximum atomic E-state index is 12.2. The molecule has 0 spiro atoms. The number of nitrogens with zero attached hydrogens (tertiary/aromatic N) is 1. The summed E-state index contributed by atoms with van der Waals surface area (Å²) in [4.78, 5) is 35.4. The van der Waals surface area contributed by atoms with Gasteiger partial charge in [-0.2, -0.15) is 5.10 Å². The maximum absolute atomic E-state index is 12.2. The minimum atomic E-state index is -0.927. The zero-order chi connectivity index (χ0) is 22.6. The molecular weight excluding hydrogens is 447 g/mol. The Bertz CT molecular complexity index is 968. The third-order valence-electron chi connectivity index (χ3n) is 3.67. The second-order valence-electron chi connectivity index (χ2n) is 5.92. The largest absolute Gasteiger partial charge is 0.483 e. The number of hydrazone groups is 1. The Morgan fingerprint density at radius 2 is 1.84 bits per heavy atom. The molecule has 11 heteroatoms. The topological polar surface area (TPSA) is 118 Å². The molecule has 31 heavy (non-hydrogen) atoms. The fourth-order valence-corrected chi connectivity index (χ4v) is 2.55. The van der Waals surface area contributed by atoms with Gasteiger partial charge >= 0.3 is 11.8 Å². The number of methoxy groups -OCH3 is 1. The lowest BCUT2D eigenvalue weighted by Crippen LogP contribution is -2.39. The molecule has 9 nitrogen and oxygen atoms in total. The number of halogens is 2. The molecular formula is C20H20Cl2N4O5. The van der Waals surface area contributed by atoms with Crippen molar-refractivity contribution >= 4 is 52.8 Å². The van der Waals surface area contributed by atoms with Gasteiger partial charge in [0.1, 0.15) is 5.75 Å². The average molecular weight is 467 g/mol. The molecule has 0 unspecified atom stereocenters. The standard InChI is InChI=1S/C20H20Cl2N4O5/c1-30-10-9-23-19(28)20(29)26-24-11-13-5-2-3-8-16(13)31-12-17(27)25-15-7-4-6-14(21)18(15)22/h2-8,11H,9-10,12H2,1H3,(H,23,28)(H,25,27)(H,26,29)/b24-11-. The Labute approximate surface area is 188 Å². The first-order valence-electron chi connectivity index (χ1n) is 8.98. The van der Waals surface area contributed by atoms with Crippen molar-refractivity contribution in [2.24, 2.45) is 5.10 Å². The van der Waals surface area contributed by atoms with Gasteiger partial charge in [0, 0.05) is 19.2 Å². The summed E-state index contributed by atoms with van der Waals surface area (Å²) in [6.45, 7) is 0.178. The summed E-state index contributed by atoms with van der Waals surface area (Å²) in [6, 6.07) is 11.6. The Hall–Kier alpha value is -3.14. The Kier molecular flexibility index (Phi) is 9.76. The molecule has 3 amide bonds. The number of hydrogen-bond acceptors (Lipinski definition) is 6. The quantitative estimate of drug-likeness (QED) is 0.226. The van der Waals surface area contributed by atoms with Crippen molar-refractivity contribution in [3.05, 3.63) is 58.1 Å². The highest BCUT2D eigenvalue weighted by Crippen LogP contribution is 2.29. The van der Waals surface area contributed by atoms with Gasteiger partial charge in [0.25, 0.3) is 5.91 Å². The summed E-state index contributed by atoms with van der Waals surface area (Å²) in [5, 5.41) is 9.26. The van der Waals surface area contributed by atoms with E-state index in [1.807, 2.05) is 0 Å². The van der Waals surface area contributed by atoms with E-state index in [0.29, 0.717) is 22.0 Å². The molecule has 0 heterocycles. The molecule has 2 rings (SSSR count). The molecule has 0 atom stereocenters. The minimum Gasteiger partial charge on any atom is -0.483 e. The van der Waals surface area contributed by atoms with Gasteiger partial charge in [0.05, 0.1) is 28.6 Å². The van der Waals surface area contributed by atoms with Crippen LogP contribution in [-0.2, 0) is 19.1 Å². The third-order valence-corrected chi connectivity index (χ3v) is 4.49. The van der Waals surface area contributed by atoms with Gasteiger partial charge in [-0.05, 0) is 24.3 Å². The normalized spacial score (nSPS) is 10.5. The van der Waals surface area contributed by atoms with Crippen molar-refractivity contribution in [3.63, 3.8) is 0 Å². The van der Waals surface area contributed by atoms with E-state index in [9.17, 15) is 14.4 Å². The molecule has 164 valence electrons. The molecule has 0 fully saturated rings. The highest BCUT2D eigenvalue weighted by molar-refractivity contribution is 6.44. The van der Waals surface area contributed by atoms with Crippen LogP contribution in [0, 0.1) is 0 Å². The predicted molar refractivity (Wildman–Crippen MR) is 118 cm³/mol. The van der Waals surface area contributed by atoms with Crippen molar-refractivity contribution in [1.29, 1.82) is 0 Å². The van der Waals surface area contributed by atoms with Gasteiger partial charge < -0.3 is 20.1 Å². The van der Waals surface area contributed by atoms with Crippen LogP contribution in [0.2, 0.25) is 10.0 Å². The van der Waals surface area contributed by atoms with Crippen LogP contribution in [0.4, 0.5) is 5.69 Å². The van der Waals surface area contributed by atoms with Crippen molar-refractivity contribution in [1.82, 2.24) is 10.7 Å². The first-order valence-corrected chi connectivity index (χ1v) is 9.73. The number of rotatable bonds is 9. The number of ether oxygens (including phenoxy) is 2. The van der Waals surface area contributed by atoms with E-state index in [2.05, 4.69) is 21.2 Å². The number of nitrogens with one attached hydrogen (secondary N) is 3. The molecule has 0 saturated carbocycles. The molecule has 3 N–H and O–H groups in total. The number of hydrogen-bond donors (Lipinski definition) is 3. The average Bonchev–Trinajstić information content (AvgIpc) is 2.76. The smallest absolute Gasteiger partial charge is 0.329 e. The van der Waals surface area contributed by atoms with Crippen LogP contribution < -0.4 is 20.8 Å². The number of para-hydroxylation sites is 1. The van der Waals surface area contributed by atoms with Crippen molar-refractivity contribution in [3.8, 4) is 5.75 Å². The van der Waals surface area contributed by atoms with E-state index >= 15 is 0 Å². The Morgan fingerprint density at radius 3 is 2.61 bits per heavy atom. The zero-order valence-corrected chi connectivity index (χ0v) is 18.0. The van der Waals surface area contributed by atoms with E-state index in [1.54, 1.807) is 42.5 Å². The zero-order valence-electron chi connectivity index (χ0n) is 16.5. The molecule has 2 aromatic rings. The predicted octanol–water partition coefficient (Wildman–Crippen LogP) is 2.22. The first-order chi connectivity index (χ1) is 14.9. The number of carbonyl (C=O) groups is 3. The van der Waals surface area contributed by atoms with Crippen LogP contribution in [-0.4, -0.2) is 50.8 Å². The molecule has 0 aliphatic rings. The molecule has 0 radical (unpaired) electrons. The summed E-state index contributed by atoms with van der Waals surface area (Å²) < 4.78 is 10.3. The molecule has 0 bridgehead atoms. The first kappa shape index (κ1) is 24.1. The summed E-state index contributed by atoms with van der Waals surface area (Å²) in [5.74, 6) is -1.87. The lowest BCUT2D eigenvalue weighted by Gasteiger charge is -2.11. The van der Waals surface area contributed by atoms with Gasteiger partial charge in [-0.1, -0.05) is 41.4 Å². The van der Waals surface area contributed by atoms with E-state index in [-0.39, 0.29) is 24.8 Å². The number of anilines is 1. The summed E-state index contributed by atoms with van der Waals surface area (Å²) in [6.07, 6.45) is 1.29. The van der Waals surface area contributed by atoms with Gasteiger partial charge in [-0.15, -0.1) is 0 Å². The minimum absolute atomic E-state index is 0.200. The van der Waals surface area contributed by atoms with Crippen LogP contribution in [0.15, 0.2) is 47.6 Å². The summed E-state index contributed by atoms with van der Waals surface area (Å²) in [5.41, 5.74) is 2.96. The van der Waals surface area contributed by atoms with Crippen molar-refractivity contribution in [2.45, 2.75) is 0 Å². The highest BCUT2D eigenvalue weighted by Gasteiger charge is 2.12. The van der Waals surface area contributed by atoms with Crippen LogP contribution >= 0.6 is 23.2 Å². The maximum Gasteiger partial charge on any atom is 0.329 e. The van der Waals surface area contributed by atoms with E-state index < -0.39 is 17.7 Å². The molecule has 0 aromatic heterocycles. The fraction of sp³-hybridized carbons (Fsp3) is 0.200. The van der Waals surface area contributed by atoms with E-state index in [0.717, 1.165) is 0 Å². The van der Waals surface area contributed by atoms with Gasteiger partial charge in [0.2, 0.25) is 0 Å². The Morgan fingerprint density at radius 1 is 1.06 bits per heavy atom. The fourth-order valence-electron chi connectivity index (χ4n) is 2.21. The second-order valence-corrected chi connectivity index (χ2v) is 6.71. The van der Waals surface area contributed by atoms with Crippen LogP contribution in [0.3, 0.4) is 0 Å². The summed E-state index contributed by atoms with van der Waals surface area (Å²) in [7, 11) is 1.48. The van der Waals surface area contributed by atoms with Crippen LogP contribution in [0.5, 0.6) is 5.75 Å². The van der Waals surface area contributed by atoms with Crippen LogP contribution in [0.25, 0.3) is 0 Å². The van der Waals surface area contributed by atoms with Crippen LogP contribution in [0.1, 0.15) is 5.56 Å². The van der Waals surface area contributed by atoms with Gasteiger partial charge in [-0.25, -0.2) is 5.43 Å². The monoisotopic (exact) mass is 466 g/mol. The number of benzene rings is 2. The van der Waals surface area contributed by atoms with Gasteiger partial charge in [-0.3, -0.25) is 14.4 Å². The highest BCUT2D eigenvalue weighted by atomic mass is 35.5. The lowest BCUT2D eigenvalue weighted by molar-refractivity contribution is -0.139. The van der Waals surface area contributed by atoms with Gasteiger partial charge in [0.15, 0.2) is 6.61 Å². The number of amides is 3.